The van der Waals surface area contributed by atoms with E-state index in [1.165, 1.54) is 18.3 Å². The Morgan fingerprint density at radius 2 is 1.81 bits per heavy atom. The van der Waals surface area contributed by atoms with Crippen LogP contribution in [0.4, 0.5) is 0 Å². The number of sulfonamides is 1. The van der Waals surface area contributed by atoms with E-state index >= 15 is 0 Å². The lowest BCUT2D eigenvalue weighted by Gasteiger charge is -2.12. The first-order chi connectivity index (χ1) is 9.99. The van der Waals surface area contributed by atoms with Crippen molar-refractivity contribution >= 4 is 15.9 Å². The summed E-state index contributed by atoms with van der Waals surface area (Å²) < 4.78 is 25.8. The molecular weight excluding hydrogens is 290 g/mol. The van der Waals surface area contributed by atoms with Crippen LogP contribution in [-0.4, -0.2) is 25.4 Å². The molecule has 6 nitrogen and oxygen atoms in total. The van der Waals surface area contributed by atoms with Crippen LogP contribution in [0.25, 0.3) is 0 Å². The second-order valence-corrected chi connectivity index (χ2v) is 6.06. The van der Waals surface area contributed by atoms with Crippen LogP contribution < -0.4 is 10.5 Å². The predicted molar refractivity (Wildman–Crippen MR) is 77.7 cm³/mol. The van der Waals surface area contributed by atoms with E-state index in [1.807, 2.05) is 35.1 Å². The van der Waals surface area contributed by atoms with E-state index < -0.39 is 22.0 Å². The molecule has 0 saturated carbocycles. The van der Waals surface area contributed by atoms with Gasteiger partial charge < -0.3 is 5.73 Å². The van der Waals surface area contributed by atoms with Crippen molar-refractivity contribution in [3.8, 4) is 0 Å². The Kier molecular flexibility index (Phi) is 4.66. The van der Waals surface area contributed by atoms with Crippen molar-refractivity contribution in [3.63, 3.8) is 0 Å². The van der Waals surface area contributed by atoms with Crippen molar-refractivity contribution in [1.82, 2.24) is 9.71 Å². The summed E-state index contributed by atoms with van der Waals surface area (Å²) in [7, 11) is -3.99. The Hall–Kier alpha value is -2.25. The van der Waals surface area contributed by atoms with Crippen LogP contribution in [-0.2, 0) is 21.2 Å². The van der Waals surface area contributed by atoms with Crippen LogP contribution in [0.15, 0.2) is 59.8 Å². The summed E-state index contributed by atoms with van der Waals surface area (Å²) >= 11 is 0. The Morgan fingerprint density at radius 3 is 2.43 bits per heavy atom. The van der Waals surface area contributed by atoms with Crippen LogP contribution in [0.5, 0.6) is 0 Å². The number of nitrogens with zero attached hydrogens (tertiary/aromatic N) is 1. The van der Waals surface area contributed by atoms with Crippen molar-refractivity contribution in [2.45, 2.75) is 17.5 Å². The number of nitrogens with two attached hydrogens (primary N) is 1. The number of carbonyl (C=O) groups excluding carboxylic acids is 1. The highest BCUT2D eigenvalue weighted by molar-refractivity contribution is 7.90. The molecule has 0 aliphatic heterocycles. The molecule has 1 atom stereocenters. The van der Waals surface area contributed by atoms with Crippen molar-refractivity contribution < 1.29 is 13.2 Å². The predicted octanol–water partition coefficient (Wildman–Crippen LogP) is 0.456. The number of carbonyl (C=O) groups is 1. The molecule has 1 aromatic carbocycles. The summed E-state index contributed by atoms with van der Waals surface area (Å²) in [5, 5.41) is -0.217. The van der Waals surface area contributed by atoms with Crippen LogP contribution >= 0.6 is 0 Å². The zero-order chi connectivity index (χ0) is 15.3. The van der Waals surface area contributed by atoms with Gasteiger partial charge in [0.25, 0.3) is 15.9 Å². The molecule has 1 amide bonds. The number of pyridine rings is 1. The Balaban J connectivity index is 2.04. The van der Waals surface area contributed by atoms with E-state index in [-0.39, 0.29) is 11.4 Å². The zero-order valence-corrected chi connectivity index (χ0v) is 12.0. The lowest BCUT2D eigenvalue weighted by Crippen LogP contribution is -2.44. The molecule has 0 aliphatic rings. The fourth-order valence-corrected chi connectivity index (χ4v) is 2.71. The van der Waals surface area contributed by atoms with E-state index in [9.17, 15) is 13.2 Å². The molecule has 1 heterocycles. The van der Waals surface area contributed by atoms with E-state index in [2.05, 4.69) is 4.98 Å². The highest BCUT2D eigenvalue weighted by Gasteiger charge is 2.22. The molecule has 0 aliphatic carbocycles. The third-order valence-electron chi connectivity index (χ3n) is 2.78. The molecular formula is C14H15N3O3S. The normalized spacial score (nSPS) is 12.6. The molecule has 0 radical (unpaired) electrons. The maximum atomic E-state index is 11.9. The Bertz CT molecular complexity index is 703. The minimum Gasteiger partial charge on any atom is -0.320 e. The highest BCUT2D eigenvalue weighted by atomic mass is 32.2. The number of aromatic nitrogens is 1. The smallest absolute Gasteiger partial charge is 0.281 e. The fraction of sp³-hybridized carbons (Fsp3) is 0.143. The van der Waals surface area contributed by atoms with Gasteiger partial charge in [0.05, 0.1) is 6.04 Å². The third-order valence-corrected chi connectivity index (χ3v) is 4.05. The minimum absolute atomic E-state index is 0.217. The van der Waals surface area contributed by atoms with Crippen molar-refractivity contribution in [3.05, 3.63) is 60.3 Å². The molecule has 1 unspecified atom stereocenters. The van der Waals surface area contributed by atoms with E-state index in [4.69, 9.17) is 5.73 Å². The van der Waals surface area contributed by atoms with Gasteiger partial charge in [0.15, 0.2) is 5.03 Å². The van der Waals surface area contributed by atoms with Crippen molar-refractivity contribution in [1.29, 1.82) is 0 Å². The van der Waals surface area contributed by atoms with Crippen molar-refractivity contribution in [2.75, 3.05) is 0 Å². The summed E-state index contributed by atoms with van der Waals surface area (Å²) in [6, 6.07) is 12.6. The quantitative estimate of drug-likeness (QED) is 0.835. The second kappa shape index (κ2) is 6.47. The average Bonchev–Trinajstić information content (AvgIpc) is 2.48. The van der Waals surface area contributed by atoms with Crippen LogP contribution in [0.2, 0.25) is 0 Å². The summed E-state index contributed by atoms with van der Waals surface area (Å²) in [6.07, 6.45) is 1.59. The maximum Gasteiger partial charge on any atom is 0.281 e. The first kappa shape index (κ1) is 15.1. The standard InChI is InChI=1S/C14H15N3O3S/c15-12(10-11-6-2-1-3-7-11)14(18)17-21(19,20)13-8-4-5-9-16-13/h1-9,12H,10,15H2,(H,17,18). The first-order valence-corrected chi connectivity index (χ1v) is 7.74. The molecule has 2 aromatic rings. The highest BCUT2D eigenvalue weighted by Crippen LogP contribution is 2.05. The average molecular weight is 305 g/mol. The van der Waals surface area contributed by atoms with Crippen molar-refractivity contribution in [2.24, 2.45) is 5.73 Å². The van der Waals surface area contributed by atoms with Gasteiger partial charge in [0.1, 0.15) is 0 Å². The monoisotopic (exact) mass is 305 g/mol. The molecule has 3 N–H and O–H groups in total. The van der Waals surface area contributed by atoms with Gasteiger partial charge in [-0.3, -0.25) is 4.79 Å². The van der Waals surface area contributed by atoms with Gasteiger partial charge in [-0.15, -0.1) is 0 Å². The number of benzene rings is 1. The zero-order valence-electron chi connectivity index (χ0n) is 11.1. The maximum absolute atomic E-state index is 11.9. The largest absolute Gasteiger partial charge is 0.320 e. The number of hydrogen-bond donors (Lipinski definition) is 2. The van der Waals surface area contributed by atoms with E-state index in [0.29, 0.717) is 0 Å². The first-order valence-electron chi connectivity index (χ1n) is 6.26. The molecule has 0 bridgehead atoms. The summed E-state index contributed by atoms with van der Waals surface area (Å²) in [5.41, 5.74) is 6.59. The van der Waals surface area contributed by atoms with Gasteiger partial charge in [0, 0.05) is 6.20 Å². The number of rotatable bonds is 5. The van der Waals surface area contributed by atoms with Gasteiger partial charge in [-0.25, -0.2) is 9.71 Å². The van der Waals surface area contributed by atoms with Gasteiger partial charge in [-0.05, 0) is 24.1 Å². The fourth-order valence-electron chi connectivity index (χ4n) is 1.73. The Morgan fingerprint density at radius 1 is 1.14 bits per heavy atom. The van der Waals surface area contributed by atoms with Gasteiger partial charge >= 0.3 is 0 Å². The molecule has 0 spiro atoms. The van der Waals surface area contributed by atoms with Crippen LogP contribution in [0.3, 0.4) is 0 Å². The number of nitrogens with one attached hydrogen (secondary N) is 1. The number of hydrogen-bond acceptors (Lipinski definition) is 5. The molecule has 2 rings (SSSR count). The molecule has 7 heteroatoms. The molecule has 1 aromatic heterocycles. The molecule has 110 valence electrons. The van der Waals surface area contributed by atoms with Gasteiger partial charge in [-0.1, -0.05) is 36.4 Å². The topological polar surface area (TPSA) is 102 Å². The van der Waals surface area contributed by atoms with Gasteiger partial charge in [-0.2, -0.15) is 8.42 Å². The summed E-state index contributed by atoms with van der Waals surface area (Å²) in [6.45, 7) is 0. The number of amides is 1. The van der Waals surface area contributed by atoms with E-state index in [1.54, 1.807) is 6.07 Å². The SMILES string of the molecule is NC(Cc1ccccc1)C(=O)NS(=O)(=O)c1ccccn1. The lowest BCUT2D eigenvalue weighted by molar-refractivity contribution is -0.120. The lowest BCUT2D eigenvalue weighted by atomic mass is 10.1. The molecule has 21 heavy (non-hydrogen) atoms. The third kappa shape index (κ3) is 4.11. The Labute approximate surface area is 123 Å². The summed E-state index contributed by atoms with van der Waals surface area (Å²) in [5.74, 6) is -0.760. The van der Waals surface area contributed by atoms with Crippen LogP contribution in [0, 0.1) is 0 Å². The minimum atomic E-state index is -3.99. The van der Waals surface area contributed by atoms with Crippen LogP contribution in [0.1, 0.15) is 5.56 Å². The second-order valence-electron chi connectivity index (χ2n) is 4.43. The molecule has 0 fully saturated rings. The van der Waals surface area contributed by atoms with Gasteiger partial charge in [0.2, 0.25) is 0 Å². The molecule has 0 saturated heterocycles. The summed E-state index contributed by atoms with van der Waals surface area (Å²) in [4.78, 5) is 15.6. The van der Waals surface area contributed by atoms with E-state index in [0.717, 1.165) is 5.56 Å².